The summed E-state index contributed by atoms with van der Waals surface area (Å²) >= 11 is 0. The number of hydrogen-bond donors (Lipinski definition) is 1. The van der Waals surface area contributed by atoms with E-state index in [1.54, 1.807) is 20.1 Å². The van der Waals surface area contributed by atoms with E-state index in [0.717, 1.165) is 32.1 Å². The number of methoxy groups -OCH3 is 1. The van der Waals surface area contributed by atoms with Crippen LogP contribution in [0.2, 0.25) is 0 Å². The maximum absolute atomic E-state index is 12.2. The molecule has 0 radical (unpaired) electrons. The highest BCUT2D eigenvalue weighted by molar-refractivity contribution is 5.87. The van der Waals surface area contributed by atoms with Crippen molar-refractivity contribution in [3.63, 3.8) is 0 Å². The Hall–Kier alpha value is -1.96. The van der Waals surface area contributed by atoms with E-state index < -0.39 is 6.10 Å². The average Bonchev–Trinajstić information content (AvgIpc) is 2.82. The van der Waals surface area contributed by atoms with E-state index >= 15 is 0 Å². The zero-order valence-electron chi connectivity index (χ0n) is 22.5. The Labute approximate surface area is 211 Å². The van der Waals surface area contributed by atoms with Gasteiger partial charge in [-0.05, 0) is 59.0 Å². The number of rotatable bonds is 11. The first-order chi connectivity index (χ1) is 16.6. The van der Waals surface area contributed by atoms with Crippen molar-refractivity contribution < 1.29 is 28.5 Å². The van der Waals surface area contributed by atoms with E-state index in [1.807, 2.05) is 6.92 Å². The zero-order chi connectivity index (χ0) is 26.0. The molecule has 0 aliphatic carbocycles. The van der Waals surface area contributed by atoms with Gasteiger partial charge in [-0.1, -0.05) is 37.6 Å². The summed E-state index contributed by atoms with van der Waals surface area (Å²) in [6.45, 7) is 12.7. The second-order valence-electron chi connectivity index (χ2n) is 10.3. The lowest BCUT2D eigenvalue weighted by atomic mass is 9.87. The smallest absolute Gasteiger partial charge is 0.293 e. The molecule has 1 amide bonds. The summed E-state index contributed by atoms with van der Waals surface area (Å²) in [5.41, 5.74) is 1.04. The van der Waals surface area contributed by atoms with E-state index in [-0.39, 0.29) is 42.0 Å². The normalized spacial score (nSPS) is 35.2. The van der Waals surface area contributed by atoms with Gasteiger partial charge in [0, 0.05) is 26.0 Å². The lowest BCUT2D eigenvalue weighted by Crippen LogP contribution is -2.50. The zero-order valence-corrected chi connectivity index (χ0v) is 22.5. The average molecular weight is 492 g/mol. The Morgan fingerprint density at radius 3 is 2.63 bits per heavy atom. The molecule has 7 heteroatoms. The van der Waals surface area contributed by atoms with Crippen molar-refractivity contribution in [1.82, 2.24) is 5.32 Å². The predicted molar refractivity (Wildman–Crippen MR) is 137 cm³/mol. The van der Waals surface area contributed by atoms with Crippen LogP contribution < -0.4 is 5.32 Å². The highest BCUT2D eigenvalue weighted by Crippen LogP contribution is 2.33. The molecule has 2 aliphatic rings. The Kier molecular flexibility index (Phi) is 11.7. The van der Waals surface area contributed by atoms with Crippen LogP contribution in [0.15, 0.2) is 36.0 Å². The Bertz CT molecular complexity index is 777. The molecule has 2 rings (SSSR count). The van der Waals surface area contributed by atoms with Crippen molar-refractivity contribution >= 4 is 12.4 Å². The van der Waals surface area contributed by atoms with E-state index in [1.165, 1.54) is 11.6 Å². The third kappa shape index (κ3) is 9.54. The van der Waals surface area contributed by atoms with Crippen LogP contribution in [0.5, 0.6) is 0 Å². The molecule has 7 unspecified atom stereocenters. The molecule has 2 saturated heterocycles. The summed E-state index contributed by atoms with van der Waals surface area (Å²) < 4.78 is 23.0. The topological polar surface area (TPSA) is 83.1 Å². The van der Waals surface area contributed by atoms with Gasteiger partial charge in [-0.25, -0.2) is 0 Å². The van der Waals surface area contributed by atoms with Crippen LogP contribution in [-0.4, -0.2) is 61.7 Å². The van der Waals surface area contributed by atoms with Crippen molar-refractivity contribution in [1.29, 1.82) is 0 Å². The number of nitrogens with one attached hydrogen (secondary N) is 1. The van der Waals surface area contributed by atoms with Gasteiger partial charge < -0.3 is 24.3 Å². The Morgan fingerprint density at radius 1 is 1.23 bits per heavy atom. The van der Waals surface area contributed by atoms with Crippen molar-refractivity contribution in [3.8, 4) is 0 Å². The second kappa shape index (κ2) is 14.0. The largest absolute Gasteiger partial charge is 0.461 e. The molecule has 2 heterocycles. The minimum Gasteiger partial charge on any atom is -0.461 e. The summed E-state index contributed by atoms with van der Waals surface area (Å²) in [5, 5.41) is 3.01. The summed E-state index contributed by atoms with van der Waals surface area (Å²) in [4.78, 5) is 22.6. The molecule has 8 atom stereocenters. The molecule has 198 valence electrons. The highest BCUT2D eigenvalue weighted by Gasteiger charge is 2.36. The molecule has 0 saturated carbocycles. The molecule has 0 aromatic heterocycles. The summed E-state index contributed by atoms with van der Waals surface area (Å²) in [5.74, 6) is 0.0957. The maximum atomic E-state index is 12.2. The van der Waals surface area contributed by atoms with Gasteiger partial charge in [0.05, 0.1) is 36.1 Å². The number of carbonyl (C=O) groups excluding carboxylic acids is 2. The number of carbonyl (C=O) groups is 2. The fourth-order valence-electron chi connectivity index (χ4n) is 4.78. The van der Waals surface area contributed by atoms with Crippen LogP contribution in [0.1, 0.15) is 73.6 Å². The van der Waals surface area contributed by atoms with Gasteiger partial charge in [0.1, 0.15) is 6.10 Å². The molecule has 0 bridgehead atoms. The summed E-state index contributed by atoms with van der Waals surface area (Å²) in [7, 11) is 1.79. The van der Waals surface area contributed by atoms with Crippen molar-refractivity contribution in [3.05, 3.63) is 36.0 Å². The maximum Gasteiger partial charge on any atom is 0.293 e. The van der Waals surface area contributed by atoms with Gasteiger partial charge in [-0.3, -0.25) is 9.59 Å². The lowest BCUT2D eigenvalue weighted by Gasteiger charge is -2.40. The second-order valence-corrected chi connectivity index (χ2v) is 10.3. The first-order valence-electron chi connectivity index (χ1n) is 12.9. The number of hydrogen-bond acceptors (Lipinski definition) is 6. The third-order valence-electron chi connectivity index (χ3n) is 7.19. The minimum absolute atomic E-state index is 0.0540. The Morgan fingerprint density at radius 2 is 1.97 bits per heavy atom. The van der Waals surface area contributed by atoms with Crippen LogP contribution in [-0.2, 0) is 28.5 Å². The van der Waals surface area contributed by atoms with Crippen molar-refractivity contribution in [2.75, 3.05) is 7.11 Å². The molecule has 0 aromatic rings. The molecule has 2 fully saturated rings. The van der Waals surface area contributed by atoms with Crippen LogP contribution in [0, 0.1) is 5.92 Å². The van der Waals surface area contributed by atoms with Crippen molar-refractivity contribution in [2.45, 2.75) is 116 Å². The highest BCUT2D eigenvalue weighted by atomic mass is 16.5. The fourth-order valence-corrected chi connectivity index (χ4v) is 4.78. The summed E-state index contributed by atoms with van der Waals surface area (Å²) in [6.07, 6.45) is 13.8. The third-order valence-corrected chi connectivity index (χ3v) is 7.19. The van der Waals surface area contributed by atoms with Crippen LogP contribution in [0.3, 0.4) is 0 Å². The number of ether oxygens (including phenoxy) is 4. The summed E-state index contributed by atoms with van der Waals surface area (Å²) in [6, 6.07) is -0.0595. The van der Waals surface area contributed by atoms with Crippen LogP contribution >= 0.6 is 0 Å². The predicted octanol–water partition coefficient (Wildman–Crippen LogP) is 4.66. The fraction of sp³-hybridized carbons (Fsp3) is 0.714. The molecule has 1 N–H and O–H groups in total. The van der Waals surface area contributed by atoms with Crippen molar-refractivity contribution in [2.24, 2.45) is 5.92 Å². The van der Waals surface area contributed by atoms with Gasteiger partial charge in [0.25, 0.3) is 6.47 Å². The molecule has 35 heavy (non-hydrogen) atoms. The van der Waals surface area contributed by atoms with Crippen LogP contribution in [0.25, 0.3) is 0 Å². The quantitative estimate of drug-likeness (QED) is 0.257. The number of allylic oxidation sites excluding steroid dienone is 2. The van der Waals surface area contributed by atoms with E-state index in [4.69, 9.17) is 18.9 Å². The molecule has 0 spiro atoms. The molecule has 2 aliphatic heterocycles. The Balaban J connectivity index is 1.86. The van der Waals surface area contributed by atoms with Gasteiger partial charge >= 0.3 is 0 Å². The standard InChI is InChI=1S/C28H45NO6/c1-8-23-16-28(6,32-7)17-24(35-23)12-9-19(2)10-13-26-20(3)15-25(22(5)34-26)29-27(31)14-11-21(4)33-18-30/h9-12,14,18,20-26H,8,13,15-17H2,1-7H3,(H,29,31)/b12-9+,14-11-,19-10+/t20?,21?,22?,23-,24?,25?,26?,28?/m1/s1. The van der Waals surface area contributed by atoms with Crippen LogP contribution in [0.4, 0.5) is 0 Å². The van der Waals surface area contributed by atoms with Gasteiger partial charge in [-0.15, -0.1) is 0 Å². The van der Waals surface area contributed by atoms with Gasteiger partial charge in [0.2, 0.25) is 5.91 Å². The van der Waals surface area contributed by atoms with E-state index in [0.29, 0.717) is 12.4 Å². The molecule has 0 aromatic carbocycles. The van der Waals surface area contributed by atoms with E-state index in [9.17, 15) is 9.59 Å². The first kappa shape index (κ1) is 29.3. The minimum atomic E-state index is -0.437. The van der Waals surface area contributed by atoms with Gasteiger partial charge in [-0.2, -0.15) is 0 Å². The van der Waals surface area contributed by atoms with Gasteiger partial charge in [0.15, 0.2) is 0 Å². The SMILES string of the molecule is CC[C@@H]1CC(C)(OC)CC(/C=C/C(C)=C/CC2OC(C)C(NC(=O)/C=C\C(C)OC=O)CC2C)O1. The van der Waals surface area contributed by atoms with E-state index in [2.05, 4.69) is 51.2 Å². The lowest BCUT2D eigenvalue weighted by molar-refractivity contribution is -0.136. The monoisotopic (exact) mass is 491 g/mol. The molecular weight excluding hydrogens is 446 g/mol. The first-order valence-corrected chi connectivity index (χ1v) is 12.9. The molecular formula is C28H45NO6. The molecule has 7 nitrogen and oxygen atoms in total. The number of amides is 1.